The zero-order valence-electron chi connectivity index (χ0n) is 10.2. The molecule has 19 heavy (non-hydrogen) atoms. The van der Waals surface area contributed by atoms with E-state index in [9.17, 15) is 0 Å². The molecule has 0 atom stereocenters. The van der Waals surface area contributed by atoms with Crippen molar-refractivity contribution in [1.29, 1.82) is 0 Å². The van der Waals surface area contributed by atoms with Gasteiger partial charge in [0.15, 0.2) is 0 Å². The van der Waals surface area contributed by atoms with E-state index in [1.807, 2.05) is 42.5 Å². The second-order valence-electron chi connectivity index (χ2n) is 4.44. The van der Waals surface area contributed by atoms with Crippen LogP contribution in [0.3, 0.4) is 0 Å². The van der Waals surface area contributed by atoms with Gasteiger partial charge in [-0.1, -0.05) is 41.9 Å². The quantitative estimate of drug-likeness (QED) is 0.587. The van der Waals surface area contributed by atoms with Gasteiger partial charge in [0.05, 0.1) is 5.88 Å². The lowest BCUT2D eigenvalue weighted by molar-refractivity contribution is 0.567. The lowest BCUT2D eigenvalue weighted by Crippen LogP contribution is -1.90. The second-order valence-corrected chi connectivity index (χ2v) is 5.14. The molecular formula is C16H12Cl2O. The molecule has 1 nitrogen and oxygen atoms in total. The molecule has 3 rings (SSSR count). The Morgan fingerprint density at radius 2 is 1.68 bits per heavy atom. The Hall–Kier alpha value is -1.44. The Bertz CT molecular complexity index is 698. The summed E-state index contributed by atoms with van der Waals surface area (Å²) in [5.41, 5.74) is 3.25. The molecule has 0 saturated heterocycles. The molecule has 0 saturated carbocycles. The highest BCUT2D eigenvalue weighted by molar-refractivity contribution is 6.30. The summed E-state index contributed by atoms with van der Waals surface area (Å²) < 4.78 is 5.79. The number of alkyl halides is 1. The molecule has 0 aliphatic heterocycles. The summed E-state index contributed by atoms with van der Waals surface area (Å²) in [6.07, 6.45) is 0.802. The standard InChI is InChI=1S/C16H12Cl2O/c17-10-16-14(9-11-5-7-12(18)8-6-11)13-3-1-2-4-15(13)19-16/h1-8H,9-10H2. The van der Waals surface area contributed by atoms with Gasteiger partial charge in [-0.05, 0) is 23.8 Å². The molecule has 1 heterocycles. The van der Waals surface area contributed by atoms with Crippen LogP contribution in [0.25, 0.3) is 11.0 Å². The molecule has 0 N–H and O–H groups in total. The van der Waals surface area contributed by atoms with Crippen LogP contribution < -0.4 is 0 Å². The summed E-state index contributed by atoms with van der Waals surface area (Å²) in [6.45, 7) is 0. The topological polar surface area (TPSA) is 13.1 Å². The van der Waals surface area contributed by atoms with Gasteiger partial charge in [-0.15, -0.1) is 11.6 Å². The van der Waals surface area contributed by atoms with Crippen molar-refractivity contribution in [2.75, 3.05) is 0 Å². The highest BCUT2D eigenvalue weighted by Gasteiger charge is 2.13. The van der Waals surface area contributed by atoms with Crippen molar-refractivity contribution < 1.29 is 4.42 Å². The van der Waals surface area contributed by atoms with Crippen LogP contribution in [-0.2, 0) is 12.3 Å². The first-order valence-electron chi connectivity index (χ1n) is 6.07. The van der Waals surface area contributed by atoms with Crippen LogP contribution in [0.15, 0.2) is 52.9 Å². The minimum Gasteiger partial charge on any atom is -0.459 e. The van der Waals surface area contributed by atoms with Crippen molar-refractivity contribution >= 4 is 34.2 Å². The number of benzene rings is 2. The number of fused-ring (bicyclic) bond motifs is 1. The third-order valence-electron chi connectivity index (χ3n) is 3.20. The van der Waals surface area contributed by atoms with Gasteiger partial charge in [0.1, 0.15) is 11.3 Å². The maximum absolute atomic E-state index is 5.98. The fourth-order valence-electron chi connectivity index (χ4n) is 2.26. The lowest BCUT2D eigenvalue weighted by Gasteiger charge is -2.02. The number of halogens is 2. The Kier molecular flexibility index (Phi) is 3.50. The molecule has 0 bridgehead atoms. The minimum atomic E-state index is 0.387. The molecule has 0 amide bonds. The SMILES string of the molecule is ClCc1oc2ccccc2c1Cc1ccc(Cl)cc1. The summed E-state index contributed by atoms with van der Waals surface area (Å²) in [5, 5.41) is 1.88. The molecule has 96 valence electrons. The number of rotatable bonds is 3. The van der Waals surface area contributed by atoms with Gasteiger partial charge in [-0.25, -0.2) is 0 Å². The van der Waals surface area contributed by atoms with Gasteiger partial charge < -0.3 is 4.42 Å². The highest BCUT2D eigenvalue weighted by atomic mass is 35.5. The van der Waals surface area contributed by atoms with Gasteiger partial charge >= 0.3 is 0 Å². The van der Waals surface area contributed by atoms with Crippen LogP contribution in [0.2, 0.25) is 5.02 Å². The van der Waals surface area contributed by atoms with Gasteiger partial charge in [0, 0.05) is 22.4 Å². The van der Waals surface area contributed by atoms with E-state index >= 15 is 0 Å². The van der Waals surface area contributed by atoms with Crippen molar-refractivity contribution in [3.63, 3.8) is 0 Å². The van der Waals surface area contributed by atoms with Crippen LogP contribution in [0.1, 0.15) is 16.9 Å². The fraction of sp³-hybridized carbons (Fsp3) is 0.125. The van der Waals surface area contributed by atoms with E-state index < -0.39 is 0 Å². The molecule has 0 aliphatic rings. The van der Waals surface area contributed by atoms with Crippen LogP contribution in [0.5, 0.6) is 0 Å². The molecule has 0 radical (unpaired) electrons. The fourth-order valence-corrected chi connectivity index (χ4v) is 2.60. The summed E-state index contributed by atoms with van der Waals surface area (Å²) in [5.74, 6) is 1.23. The average molecular weight is 291 g/mol. The van der Waals surface area contributed by atoms with E-state index in [1.54, 1.807) is 0 Å². The summed E-state index contributed by atoms with van der Waals surface area (Å²) in [4.78, 5) is 0. The lowest BCUT2D eigenvalue weighted by atomic mass is 10.0. The zero-order valence-corrected chi connectivity index (χ0v) is 11.7. The van der Waals surface area contributed by atoms with E-state index in [2.05, 4.69) is 6.07 Å². The first kappa shape index (κ1) is 12.6. The Balaban J connectivity index is 2.06. The van der Waals surface area contributed by atoms with E-state index in [0.29, 0.717) is 5.88 Å². The largest absolute Gasteiger partial charge is 0.459 e. The van der Waals surface area contributed by atoms with E-state index in [-0.39, 0.29) is 0 Å². The minimum absolute atomic E-state index is 0.387. The Morgan fingerprint density at radius 1 is 0.947 bits per heavy atom. The molecule has 0 fully saturated rings. The molecule has 3 aromatic rings. The van der Waals surface area contributed by atoms with Gasteiger partial charge in [0.2, 0.25) is 0 Å². The average Bonchev–Trinajstić information content (AvgIpc) is 2.79. The third-order valence-corrected chi connectivity index (χ3v) is 3.69. The number of hydrogen-bond donors (Lipinski definition) is 0. The summed E-state index contributed by atoms with van der Waals surface area (Å²) in [6, 6.07) is 15.9. The smallest absolute Gasteiger partial charge is 0.134 e. The maximum atomic E-state index is 5.98. The molecule has 2 aromatic carbocycles. The Labute approximate surface area is 121 Å². The van der Waals surface area contributed by atoms with Crippen LogP contribution in [0, 0.1) is 0 Å². The predicted octanol–water partition coefficient (Wildman–Crippen LogP) is 5.42. The van der Waals surface area contributed by atoms with E-state index in [1.165, 1.54) is 5.56 Å². The highest BCUT2D eigenvalue weighted by Crippen LogP contribution is 2.29. The van der Waals surface area contributed by atoms with Gasteiger partial charge in [0.25, 0.3) is 0 Å². The maximum Gasteiger partial charge on any atom is 0.134 e. The molecule has 3 heteroatoms. The van der Waals surface area contributed by atoms with Crippen LogP contribution in [0.4, 0.5) is 0 Å². The molecular weight excluding hydrogens is 279 g/mol. The number of furan rings is 1. The Morgan fingerprint density at radius 3 is 2.42 bits per heavy atom. The molecule has 0 unspecified atom stereocenters. The summed E-state index contributed by atoms with van der Waals surface area (Å²) in [7, 11) is 0. The number of hydrogen-bond acceptors (Lipinski definition) is 1. The van der Waals surface area contributed by atoms with Crippen molar-refractivity contribution in [3.8, 4) is 0 Å². The third kappa shape index (κ3) is 2.49. The summed E-state index contributed by atoms with van der Waals surface area (Å²) >= 11 is 11.9. The molecule has 0 aliphatic carbocycles. The predicted molar refractivity (Wildman–Crippen MR) is 80.0 cm³/mol. The number of para-hydroxylation sites is 1. The van der Waals surface area contributed by atoms with Crippen molar-refractivity contribution in [1.82, 2.24) is 0 Å². The van der Waals surface area contributed by atoms with Gasteiger partial charge in [-0.2, -0.15) is 0 Å². The normalized spacial score (nSPS) is 11.1. The van der Waals surface area contributed by atoms with E-state index in [0.717, 1.165) is 33.7 Å². The monoisotopic (exact) mass is 290 g/mol. The zero-order chi connectivity index (χ0) is 13.2. The van der Waals surface area contributed by atoms with Crippen LogP contribution >= 0.6 is 23.2 Å². The second kappa shape index (κ2) is 5.28. The van der Waals surface area contributed by atoms with Crippen molar-refractivity contribution in [3.05, 3.63) is 70.4 Å². The first-order valence-corrected chi connectivity index (χ1v) is 6.99. The first-order chi connectivity index (χ1) is 9.28. The van der Waals surface area contributed by atoms with Gasteiger partial charge in [-0.3, -0.25) is 0 Å². The van der Waals surface area contributed by atoms with Crippen LogP contribution in [-0.4, -0.2) is 0 Å². The van der Waals surface area contributed by atoms with Crippen molar-refractivity contribution in [2.45, 2.75) is 12.3 Å². The molecule has 0 spiro atoms. The van der Waals surface area contributed by atoms with Crippen molar-refractivity contribution in [2.24, 2.45) is 0 Å². The molecule has 1 aromatic heterocycles. The van der Waals surface area contributed by atoms with E-state index in [4.69, 9.17) is 27.6 Å².